The Morgan fingerprint density at radius 2 is 1.55 bits per heavy atom. The summed E-state index contributed by atoms with van der Waals surface area (Å²) in [5.41, 5.74) is 10.5. The van der Waals surface area contributed by atoms with Crippen molar-refractivity contribution in [3.8, 4) is 0 Å². The summed E-state index contributed by atoms with van der Waals surface area (Å²) in [5.74, 6) is -14.2. The summed E-state index contributed by atoms with van der Waals surface area (Å²) in [4.78, 5) is 0. The Morgan fingerprint density at radius 3 is 2.18 bits per heavy atom. The monoisotopic (exact) mass is 656 g/mol. The lowest BCUT2D eigenvalue weighted by Gasteiger charge is -2.31. The molecule has 3 aliphatic carbocycles. The molecule has 0 saturated heterocycles. The quantitative estimate of drug-likeness (QED) is 0.175. The van der Waals surface area contributed by atoms with E-state index in [1.54, 1.807) is 11.1 Å². The molecule has 242 valence electrons. The van der Waals surface area contributed by atoms with Gasteiger partial charge in [0, 0.05) is 12.5 Å². The van der Waals surface area contributed by atoms with Crippen LogP contribution >= 0.6 is 0 Å². The molecule has 0 aromatic heterocycles. The number of allylic oxidation sites excluding steroid dienone is 2. The first-order valence-electron chi connectivity index (χ1n) is 13.8. The second-order valence-corrected chi connectivity index (χ2v) is 12.3. The Labute approximate surface area is 248 Å². The number of hydrogen-bond donors (Lipinski definition) is 1. The van der Waals surface area contributed by atoms with Gasteiger partial charge < -0.3 is 4.74 Å². The van der Waals surface area contributed by atoms with Gasteiger partial charge in [0.2, 0.25) is 0 Å². The molecule has 0 fully saturated rings. The average Bonchev–Trinajstić information content (AvgIpc) is 3.50. The van der Waals surface area contributed by atoms with Gasteiger partial charge >= 0.3 is 33.4 Å². The van der Waals surface area contributed by atoms with Gasteiger partial charge in [0.15, 0.2) is 0 Å². The minimum Gasteiger partial charge on any atom is -0.369 e. The van der Waals surface area contributed by atoms with Gasteiger partial charge in [0.05, 0.1) is 0 Å². The van der Waals surface area contributed by atoms with Crippen LogP contribution in [-0.4, -0.2) is 42.9 Å². The maximum atomic E-state index is 12.2. The van der Waals surface area contributed by atoms with Crippen LogP contribution in [-0.2, 0) is 21.3 Å². The van der Waals surface area contributed by atoms with E-state index >= 15 is 0 Å². The Balaban J connectivity index is 0.000000227. The van der Waals surface area contributed by atoms with Crippen LogP contribution in [0.25, 0.3) is 11.6 Å². The number of benzene rings is 2. The van der Waals surface area contributed by atoms with Gasteiger partial charge in [-0.3, -0.25) is 4.55 Å². The fourth-order valence-electron chi connectivity index (χ4n) is 5.76. The number of halogens is 9. The van der Waals surface area contributed by atoms with Gasteiger partial charge in [0.25, 0.3) is 0 Å². The van der Waals surface area contributed by atoms with E-state index in [1.807, 2.05) is 0 Å². The van der Waals surface area contributed by atoms with E-state index in [4.69, 9.17) is 9.29 Å². The van der Waals surface area contributed by atoms with E-state index in [9.17, 15) is 47.9 Å². The van der Waals surface area contributed by atoms with Crippen molar-refractivity contribution in [2.24, 2.45) is 5.92 Å². The molecule has 3 aliphatic rings. The van der Waals surface area contributed by atoms with Crippen molar-refractivity contribution in [1.82, 2.24) is 0 Å². The van der Waals surface area contributed by atoms with Crippen LogP contribution in [0.15, 0.2) is 59.7 Å². The number of unbranched alkanes of at least 4 members (excludes halogenated alkanes) is 1. The second kappa shape index (κ2) is 12.2. The molecule has 0 amide bonds. The van der Waals surface area contributed by atoms with Gasteiger partial charge in [-0.15, -0.1) is 0 Å². The maximum Gasteiger partial charge on any atom is 0.460 e. The zero-order valence-corrected chi connectivity index (χ0v) is 24.1. The summed E-state index contributed by atoms with van der Waals surface area (Å²) in [5, 5.41) is -7.00. The SMILES string of the molecule is CCCCOC1C(C2CCCC3=C2c2ccccc2C3)=Cc2ccccc21.O=S(=O)(O)C(F)(F)C(F)(F)C(F)(F)C(F)(F)F. The van der Waals surface area contributed by atoms with Gasteiger partial charge in [-0.1, -0.05) is 73.5 Å². The molecule has 0 bridgehead atoms. The molecule has 0 radical (unpaired) electrons. The van der Waals surface area contributed by atoms with Crippen molar-refractivity contribution in [3.05, 3.63) is 81.9 Å². The van der Waals surface area contributed by atoms with Gasteiger partial charge in [-0.05, 0) is 65.5 Å². The molecular formula is C30H29F9O4S. The molecule has 2 aromatic carbocycles. The largest absolute Gasteiger partial charge is 0.460 e. The molecule has 0 saturated carbocycles. The van der Waals surface area contributed by atoms with E-state index in [-0.39, 0.29) is 6.10 Å². The molecule has 0 spiro atoms. The zero-order valence-electron chi connectivity index (χ0n) is 23.3. The summed E-state index contributed by atoms with van der Waals surface area (Å²) < 4.78 is 140. The molecule has 44 heavy (non-hydrogen) atoms. The van der Waals surface area contributed by atoms with E-state index in [2.05, 4.69) is 61.5 Å². The highest BCUT2D eigenvalue weighted by molar-refractivity contribution is 7.87. The van der Waals surface area contributed by atoms with Crippen LogP contribution < -0.4 is 0 Å². The minimum atomic E-state index is -7.37. The number of fused-ring (bicyclic) bond motifs is 3. The number of ether oxygens (including phenoxy) is 1. The molecule has 14 heteroatoms. The molecule has 0 aliphatic heterocycles. The standard InChI is InChI=1S/C26H28O.C4HF9O3S/c1-2-3-15-27-26-22-13-7-5-10-19(22)17-24(26)23-14-8-11-20-16-18-9-4-6-12-21(18)25(20)23;5-1(6,3(9,10)11)2(7,8)4(12,13)17(14,15)16/h4-7,9-10,12-13,17,23,26H,2-3,8,11,14-16H2,1H3;(H,14,15,16). The van der Waals surface area contributed by atoms with Crippen molar-refractivity contribution in [2.45, 2.75) is 74.8 Å². The highest BCUT2D eigenvalue weighted by Crippen LogP contribution is 2.55. The first-order chi connectivity index (χ1) is 20.4. The summed E-state index contributed by atoms with van der Waals surface area (Å²) in [7, 11) is -7.17. The summed E-state index contributed by atoms with van der Waals surface area (Å²) >= 11 is 0. The predicted molar refractivity (Wildman–Crippen MR) is 145 cm³/mol. The van der Waals surface area contributed by atoms with Gasteiger partial charge in [-0.25, -0.2) is 0 Å². The highest BCUT2D eigenvalue weighted by atomic mass is 32.2. The fraction of sp³-hybridized carbons (Fsp3) is 0.467. The highest BCUT2D eigenvalue weighted by Gasteiger charge is 2.85. The third-order valence-electron chi connectivity index (χ3n) is 7.94. The van der Waals surface area contributed by atoms with Gasteiger partial charge in [-0.2, -0.15) is 47.9 Å². The molecular weight excluding hydrogens is 627 g/mol. The lowest BCUT2D eigenvalue weighted by atomic mass is 9.77. The average molecular weight is 657 g/mol. The lowest BCUT2D eigenvalue weighted by molar-refractivity contribution is -0.382. The maximum absolute atomic E-state index is 12.2. The molecule has 2 aromatic rings. The zero-order chi connectivity index (χ0) is 32.7. The first kappa shape index (κ1) is 34.0. The van der Waals surface area contributed by atoms with Gasteiger partial charge in [0.1, 0.15) is 6.10 Å². The predicted octanol–water partition coefficient (Wildman–Crippen LogP) is 9.05. The van der Waals surface area contributed by atoms with Crippen molar-refractivity contribution in [2.75, 3.05) is 6.61 Å². The van der Waals surface area contributed by atoms with Crippen LogP contribution in [0.3, 0.4) is 0 Å². The van der Waals surface area contributed by atoms with Crippen LogP contribution in [0.1, 0.15) is 67.4 Å². The van der Waals surface area contributed by atoms with Crippen molar-refractivity contribution >= 4 is 21.8 Å². The summed E-state index contributed by atoms with van der Waals surface area (Å²) in [6, 6.07) is 17.9. The van der Waals surface area contributed by atoms with Crippen LogP contribution in [0, 0.1) is 5.92 Å². The Hall–Kier alpha value is -2.84. The van der Waals surface area contributed by atoms with Crippen LogP contribution in [0.4, 0.5) is 39.5 Å². The van der Waals surface area contributed by atoms with Crippen LogP contribution in [0.5, 0.6) is 0 Å². The fourth-order valence-corrected chi connectivity index (χ4v) is 6.21. The number of alkyl halides is 9. The molecule has 1 N–H and O–H groups in total. The third-order valence-corrected chi connectivity index (χ3v) is 8.84. The second-order valence-electron chi connectivity index (χ2n) is 10.8. The molecule has 0 heterocycles. The van der Waals surface area contributed by atoms with E-state index in [1.165, 1.54) is 53.5 Å². The number of hydrogen-bond acceptors (Lipinski definition) is 3. The summed E-state index contributed by atoms with van der Waals surface area (Å²) in [6.45, 7) is 3.08. The third kappa shape index (κ3) is 5.92. The first-order valence-corrected chi connectivity index (χ1v) is 15.2. The Morgan fingerprint density at radius 1 is 0.909 bits per heavy atom. The van der Waals surface area contributed by atoms with Crippen LogP contribution in [0.2, 0.25) is 0 Å². The Bertz CT molecular complexity index is 1550. The Kier molecular flexibility index (Phi) is 9.41. The molecule has 2 unspecified atom stereocenters. The van der Waals surface area contributed by atoms with E-state index in [0.29, 0.717) is 5.92 Å². The summed E-state index contributed by atoms with van der Waals surface area (Å²) in [6.07, 6.45) is 2.72. The molecule has 4 nitrogen and oxygen atoms in total. The normalized spacial score (nSPS) is 20.4. The minimum absolute atomic E-state index is 0.136. The van der Waals surface area contributed by atoms with Crippen molar-refractivity contribution < 1.29 is 57.2 Å². The lowest BCUT2D eigenvalue weighted by Crippen LogP contribution is -2.63. The van der Waals surface area contributed by atoms with E-state index < -0.39 is 33.4 Å². The van der Waals surface area contributed by atoms with Crippen molar-refractivity contribution in [1.29, 1.82) is 0 Å². The topological polar surface area (TPSA) is 63.6 Å². The van der Waals surface area contributed by atoms with E-state index in [0.717, 1.165) is 19.4 Å². The number of rotatable bonds is 8. The molecule has 2 atom stereocenters. The van der Waals surface area contributed by atoms with Crippen molar-refractivity contribution in [3.63, 3.8) is 0 Å². The molecule has 5 rings (SSSR count). The smallest absolute Gasteiger partial charge is 0.369 e.